The molecule has 0 rings (SSSR count). The van der Waals surface area contributed by atoms with E-state index in [0.717, 1.165) is 6.42 Å². The summed E-state index contributed by atoms with van der Waals surface area (Å²) in [6.45, 7) is 5.23. The van der Waals surface area contributed by atoms with Crippen LogP contribution in [-0.4, -0.2) is 43.7 Å². The van der Waals surface area contributed by atoms with Crippen molar-refractivity contribution in [3.05, 3.63) is 0 Å². The molecule has 15 heavy (non-hydrogen) atoms. The highest BCUT2D eigenvalue weighted by Gasteiger charge is 2.05. The molecule has 0 aromatic carbocycles. The first-order valence-corrected chi connectivity index (χ1v) is 5.99. The number of ether oxygens (including phenoxy) is 2. The lowest BCUT2D eigenvalue weighted by Crippen LogP contribution is -2.31. The summed E-state index contributed by atoms with van der Waals surface area (Å²) < 4.78 is 10.1. The molecule has 1 atom stereocenters. The molecule has 0 saturated heterocycles. The van der Waals surface area contributed by atoms with Crippen molar-refractivity contribution in [1.29, 1.82) is 0 Å². The molecule has 1 amide bonds. The third-order valence-electron chi connectivity index (χ3n) is 1.68. The van der Waals surface area contributed by atoms with E-state index < -0.39 is 0 Å². The summed E-state index contributed by atoms with van der Waals surface area (Å²) in [5, 5.41) is 2.78. The van der Waals surface area contributed by atoms with E-state index in [1.54, 1.807) is 7.11 Å². The summed E-state index contributed by atoms with van der Waals surface area (Å²) in [6.07, 6.45) is 0.939. The third-order valence-corrected chi connectivity index (χ3v) is 2.40. The fourth-order valence-corrected chi connectivity index (χ4v) is 1.42. The molecule has 90 valence electrons. The predicted molar refractivity (Wildman–Crippen MR) is 63.3 cm³/mol. The lowest BCUT2D eigenvalue weighted by molar-refractivity contribution is -0.127. The first-order valence-electron chi connectivity index (χ1n) is 5.07. The van der Waals surface area contributed by atoms with Gasteiger partial charge >= 0.3 is 0 Å². The zero-order valence-corrected chi connectivity index (χ0v) is 11.2. The number of hydrogen-bond donors (Lipinski definition) is 1. The Hall–Kier alpha value is -0.130. The van der Waals surface area contributed by atoms with Crippen LogP contribution in [0.2, 0.25) is 0 Å². The smallest absolute Gasteiger partial charge is 0.246 e. The SMILES string of the molecule is COCC(Br)CCNC(=O)COC(C)C. The van der Waals surface area contributed by atoms with Crippen molar-refractivity contribution in [3.63, 3.8) is 0 Å². The molecular formula is C10H20BrNO3. The Morgan fingerprint density at radius 1 is 1.47 bits per heavy atom. The van der Waals surface area contributed by atoms with Crippen LogP contribution in [-0.2, 0) is 14.3 Å². The molecule has 0 aliphatic rings. The van der Waals surface area contributed by atoms with Gasteiger partial charge in [0.25, 0.3) is 0 Å². The van der Waals surface area contributed by atoms with E-state index in [2.05, 4.69) is 21.2 Å². The Morgan fingerprint density at radius 3 is 2.67 bits per heavy atom. The summed E-state index contributed by atoms with van der Waals surface area (Å²) in [6, 6.07) is 0. The van der Waals surface area contributed by atoms with Gasteiger partial charge < -0.3 is 14.8 Å². The van der Waals surface area contributed by atoms with Gasteiger partial charge in [-0.15, -0.1) is 0 Å². The molecule has 5 heteroatoms. The van der Waals surface area contributed by atoms with Gasteiger partial charge in [0.1, 0.15) is 6.61 Å². The summed E-state index contributed by atoms with van der Waals surface area (Å²) in [5.41, 5.74) is 0. The van der Waals surface area contributed by atoms with Crippen molar-refractivity contribution in [2.24, 2.45) is 0 Å². The van der Waals surface area contributed by atoms with Crippen LogP contribution in [0.4, 0.5) is 0 Å². The number of alkyl halides is 1. The minimum Gasteiger partial charge on any atom is -0.384 e. The highest BCUT2D eigenvalue weighted by atomic mass is 79.9. The Labute approximate surface area is 99.8 Å². The quantitative estimate of drug-likeness (QED) is 0.683. The molecule has 1 unspecified atom stereocenters. The van der Waals surface area contributed by atoms with Gasteiger partial charge in [0.05, 0.1) is 12.7 Å². The van der Waals surface area contributed by atoms with E-state index in [9.17, 15) is 4.79 Å². The fourth-order valence-electron chi connectivity index (χ4n) is 0.926. The monoisotopic (exact) mass is 281 g/mol. The molecule has 0 aliphatic heterocycles. The average Bonchev–Trinajstić information content (AvgIpc) is 2.15. The molecule has 0 fully saturated rings. The molecule has 0 heterocycles. The zero-order chi connectivity index (χ0) is 11.7. The van der Waals surface area contributed by atoms with Crippen LogP contribution >= 0.6 is 15.9 Å². The van der Waals surface area contributed by atoms with E-state index in [-0.39, 0.29) is 23.4 Å². The van der Waals surface area contributed by atoms with Crippen LogP contribution in [0.3, 0.4) is 0 Å². The average molecular weight is 282 g/mol. The van der Waals surface area contributed by atoms with E-state index >= 15 is 0 Å². The van der Waals surface area contributed by atoms with Gasteiger partial charge in [-0.3, -0.25) is 4.79 Å². The zero-order valence-electron chi connectivity index (χ0n) is 9.59. The van der Waals surface area contributed by atoms with Crippen molar-refractivity contribution < 1.29 is 14.3 Å². The molecule has 0 spiro atoms. The molecule has 4 nitrogen and oxygen atoms in total. The van der Waals surface area contributed by atoms with Crippen molar-refractivity contribution in [2.75, 3.05) is 26.9 Å². The lowest BCUT2D eigenvalue weighted by Gasteiger charge is -2.10. The third kappa shape index (κ3) is 10.2. The van der Waals surface area contributed by atoms with E-state index in [1.807, 2.05) is 13.8 Å². The Kier molecular flexibility index (Phi) is 9.04. The van der Waals surface area contributed by atoms with Gasteiger partial charge in [0.15, 0.2) is 0 Å². The van der Waals surface area contributed by atoms with Crippen molar-refractivity contribution in [3.8, 4) is 0 Å². The summed E-state index contributed by atoms with van der Waals surface area (Å²) in [4.78, 5) is 11.5. The molecule has 1 N–H and O–H groups in total. The Balaban J connectivity index is 3.38. The second-order valence-corrected chi connectivity index (χ2v) is 4.85. The molecule has 0 saturated carbocycles. The number of nitrogens with one attached hydrogen (secondary N) is 1. The predicted octanol–water partition coefficient (Wildman–Crippen LogP) is 1.33. The van der Waals surface area contributed by atoms with Gasteiger partial charge in [-0.1, -0.05) is 15.9 Å². The van der Waals surface area contributed by atoms with E-state index in [4.69, 9.17) is 9.47 Å². The first kappa shape index (κ1) is 14.9. The van der Waals surface area contributed by atoms with Gasteiger partial charge in [-0.25, -0.2) is 0 Å². The number of carbonyl (C=O) groups excluding carboxylic acids is 1. The summed E-state index contributed by atoms with van der Waals surface area (Å²) in [5.74, 6) is -0.0687. The molecule has 0 aromatic heterocycles. The molecular weight excluding hydrogens is 262 g/mol. The number of rotatable bonds is 8. The number of halogens is 1. The van der Waals surface area contributed by atoms with Crippen LogP contribution < -0.4 is 5.32 Å². The number of methoxy groups -OCH3 is 1. The van der Waals surface area contributed by atoms with Crippen LogP contribution in [0.1, 0.15) is 20.3 Å². The van der Waals surface area contributed by atoms with Crippen molar-refractivity contribution >= 4 is 21.8 Å². The van der Waals surface area contributed by atoms with Crippen LogP contribution in [0.15, 0.2) is 0 Å². The minimum atomic E-state index is -0.0687. The maximum Gasteiger partial charge on any atom is 0.246 e. The summed E-state index contributed by atoms with van der Waals surface area (Å²) in [7, 11) is 1.66. The molecule has 0 aromatic rings. The number of hydrogen-bond acceptors (Lipinski definition) is 3. The highest BCUT2D eigenvalue weighted by Crippen LogP contribution is 2.03. The standard InChI is InChI=1S/C10H20BrNO3/c1-8(2)15-7-10(13)12-5-4-9(11)6-14-3/h8-9H,4-7H2,1-3H3,(H,12,13). The second kappa shape index (κ2) is 9.12. The van der Waals surface area contributed by atoms with Gasteiger partial charge in [-0.05, 0) is 20.3 Å². The second-order valence-electron chi connectivity index (χ2n) is 3.55. The number of carbonyl (C=O) groups is 1. The topological polar surface area (TPSA) is 47.6 Å². The first-order chi connectivity index (χ1) is 7.06. The Morgan fingerprint density at radius 2 is 2.13 bits per heavy atom. The van der Waals surface area contributed by atoms with Crippen molar-refractivity contribution in [2.45, 2.75) is 31.2 Å². The molecule has 0 bridgehead atoms. The van der Waals surface area contributed by atoms with Crippen molar-refractivity contribution in [1.82, 2.24) is 5.32 Å². The summed E-state index contributed by atoms with van der Waals surface area (Å²) >= 11 is 3.44. The van der Waals surface area contributed by atoms with Gasteiger partial charge in [-0.2, -0.15) is 0 Å². The lowest BCUT2D eigenvalue weighted by atomic mass is 10.3. The molecule has 0 aliphatic carbocycles. The highest BCUT2D eigenvalue weighted by molar-refractivity contribution is 9.09. The van der Waals surface area contributed by atoms with Crippen LogP contribution in [0.25, 0.3) is 0 Å². The van der Waals surface area contributed by atoms with Gasteiger partial charge in [0, 0.05) is 18.5 Å². The minimum absolute atomic E-state index is 0.0687. The normalized spacial score (nSPS) is 12.9. The fraction of sp³-hybridized carbons (Fsp3) is 0.900. The van der Waals surface area contributed by atoms with E-state index in [0.29, 0.717) is 13.2 Å². The molecule has 0 radical (unpaired) electrons. The van der Waals surface area contributed by atoms with E-state index in [1.165, 1.54) is 0 Å². The Bertz CT molecular complexity index is 176. The number of amides is 1. The van der Waals surface area contributed by atoms with Gasteiger partial charge in [0.2, 0.25) is 5.91 Å². The van der Waals surface area contributed by atoms with Crippen LogP contribution in [0.5, 0.6) is 0 Å². The maximum atomic E-state index is 11.2. The maximum absolute atomic E-state index is 11.2. The largest absolute Gasteiger partial charge is 0.384 e. The van der Waals surface area contributed by atoms with Crippen LogP contribution in [0, 0.1) is 0 Å².